The Morgan fingerprint density at radius 2 is 2.20 bits per heavy atom. The Hall–Kier alpha value is -1.33. The van der Waals surface area contributed by atoms with Crippen molar-refractivity contribution in [1.82, 2.24) is 15.2 Å². The summed E-state index contributed by atoms with van der Waals surface area (Å²) in [5, 5.41) is 6.79. The number of hydrogen-bond donors (Lipinski definition) is 2. The van der Waals surface area contributed by atoms with Crippen LogP contribution < -0.4 is 10.6 Å². The van der Waals surface area contributed by atoms with Crippen LogP contribution in [0.1, 0.15) is 36.2 Å². The van der Waals surface area contributed by atoms with E-state index in [4.69, 9.17) is 4.74 Å². The van der Waals surface area contributed by atoms with Crippen LogP contribution in [0.5, 0.6) is 0 Å². The summed E-state index contributed by atoms with van der Waals surface area (Å²) in [5.74, 6) is 0.0393. The molecule has 1 aromatic heterocycles. The van der Waals surface area contributed by atoms with Crippen molar-refractivity contribution in [3.8, 4) is 0 Å². The van der Waals surface area contributed by atoms with Gasteiger partial charge >= 0.3 is 0 Å². The molecule has 3 rings (SSSR count). The lowest BCUT2D eigenvalue weighted by atomic mass is 10.00. The SMILES string of the molecule is COCCn1cccc1C(=O)NC1CC2CCC(C1)N2. The Bertz CT molecular complexity index is 459. The first-order valence-electron chi connectivity index (χ1n) is 7.47. The van der Waals surface area contributed by atoms with Crippen molar-refractivity contribution >= 4 is 5.91 Å². The summed E-state index contributed by atoms with van der Waals surface area (Å²) in [6.07, 6.45) is 6.55. The van der Waals surface area contributed by atoms with Gasteiger partial charge in [-0.25, -0.2) is 0 Å². The monoisotopic (exact) mass is 277 g/mol. The number of carbonyl (C=O) groups excluding carboxylic acids is 1. The van der Waals surface area contributed by atoms with E-state index < -0.39 is 0 Å². The highest BCUT2D eigenvalue weighted by Gasteiger charge is 2.34. The molecular formula is C15H23N3O2. The molecule has 2 fully saturated rings. The number of rotatable bonds is 5. The lowest BCUT2D eigenvalue weighted by Crippen LogP contribution is -2.48. The molecule has 2 atom stereocenters. The summed E-state index contributed by atoms with van der Waals surface area (Å²) < 4.78 is 7.03. The van der Waals surface area contributed by atoms with E-state index in [2.05, 4.69) is 10.6 Å². The second kappa shape index (κ2) is 5.97. The predicted octanol–water partition coefficient (Wildman–Crippen LogP) is 1.15. The summed E-state index contributed by atoms with van der Waals surface area (Å²) in [7, 11) is 1.67. The maximum atomic E-state index is 12.4. The molecule has 5 heteroatoms. The third-order valence-corrected chi connectivity index (χ3v) is 4.41. The number of methoxy groups -OCH3 is 1. The van der Waals surface area contributed by atoms with Gasteiger partial charge in [0.15, 0.2) is 0 Å². The normalized spacial score (nSPS) is 28.6. The molecular weight excluding hydrogens is 254 g/mol. The summed E-state index contributed by atoms with van der Waals surface area (Å²) in [6, 6.07) is 5.29. The molecule has 0 radical (unpaired) electrons. The van der Waals surface area contributed by atoms with Gasteiger partial charge < -0.3 is 19.9 Å². The molecule has 2 saturated heterocycles. The van der Waals surface area contributed by atoms with Gasteiger partial charge in [0.1, 0.15) is 5.69 Å². The standard InChI is InChI=1S/C15H23N3O2/c1-20-8-7-18-6-2-3-14(18)15(19)17-13-9-11-4-5-12(10-13)16-11/h2-3,6,11-13,16H,4-5,7-10H2,1H3,(H,17,19). The molecule has 2 unspecified atom stereocenters. The Balaban J connectivity index is 1.60. The minimum Gasteiger partial charge on any atom is -0.383 e. The average molecular weight is 277 g/mol. The molecule has 2 aliphatic rings. The van der Waals surface area contributed by atoms with Crippen LogP contribution in [0.2, 0.25) is 0 Å². The minimum atomic E-state index is 0.0393. The van der Waals surface area contributed by atoms with Crippen molar-refractivity contribution in [2.75, 3.05) is 13.7 Å². The molecule has 1 aromatic rings. The van der Waals surface area contributed by atoms with Crippen molar-refractivity contribution in [1.29, 1.82) is 0 Å². The lowest BCUT2D eigenvalue weighted by molar-refractivity contribution is 0.0912. The molecule has 2 aliphatic heterocycles. The summed E-state index contributed by atoms with van der Waals surface area (Å²) in [6.45, 7) is 1.33. The molecule has 0 aromatic carbocycles. The van der Waals surface area contributed by atoms with E-state index in [0.717, 1.165) is 18.5 Å². The van der Waals surface area contributed by atoms with Crippen LogP contribution >= 0.6 is 0 Å². The Labute approximate surface area is 119 Å². The number of piperidine rings is 1. The molecule has 0 saturated carbocycles. The van der Waals surface area contributed by atoms with E-state index in [0.29, 0.717) is 31.3 Å². The van der Waals surface area contributed by atoms with Gasteiger partial charge in [-0.1, -0.05) is 0 Å². The number of carbonyl (C=O) groups is 1. The van der Waals surface area contributed by atoms with Crippen LogP contribution in [-0.4, -0.2) is 42.3 Å². The zero-order valence-corrected chi connectivity index (χ0v) is 12.0. The number of amides is 1. The number of hydrogen-bond acceptors (Lipinski definition) is 3. The fourth-order valence-electron chi connectivity index (χ4n) is 3.44. The zero-order valence-electron chi connectivity index (χ0n) is 12.0. The fourth-order valence-corrected chi connectivity index (χ4v) is 3.44. The molecule has 0 spiro atoms. The van der Waals surface area contributed by atoms with Gasteiger partial charge in [0.25, 0.3) is 5.91 Å². The molecule has 0 aliphatic carbocycles. The molecule has 2 N–H and O–H groups in total. The second-order valence-corrected chi connectivity index (χ2v) is 5.86. The largest absolute Gasteiger partial charge is 0.383 e. The van der Waals surface area contributed by atoms with Crippen LogP contribution in [0.15, 0.2) is 18.3 Å². The Morgan fingerprint density at radius 3 is 2.90 bits per heavy atom. The van der Waals surface area contributed by atoms with Crippen molar-refractivity contribution in [2.24, 2.45) is 0 Å². The van der Waals surface area contributed by atoms with Gasteiger partial charge in [0.2, 0.25) is 0 Å². The number of fused-ring (bicyclic) bond motifs is 2. The van der Waals surface area contributed by atoms with E-state index in [-0.39, 0.29) is 5.91 Å². The van der Waals surface area contributed by atoms with Crippen LogP contribution in [0.4, 0.5) is 0 Å². The van der Waals surface area contributed by atoms with Crippen LogP contribution in [0, 0.1) is 0 Å². The van der Waals surface area contributed by atoms with E-state index in [1.807, 2.05) is 22.9 Å². The number of aromatic nitrogens is 1. The van der Waals surface area contributed by atoms with Crippen LogP contribution in [0.3, 0.4) is 0 Å². The second-order valence-electron chi connectivity index (χ2n) is 5.86. The molecule has 5 nitrogen and oxygen atoms in total. The summed E-state index contributed by atoms with van der Waals surface area (Å²) >= 11 is 0. The van der Waals surface area contributed by atoms with Crippen molar-refractivity contribution in [3.05, 3.63) is 24.0 Å². The summed E-state index contributed by atoms with van der Waals surface area (Å²) in [5.41, 5.74) is 0.730. The van der Waals surface area contributed by atoms with Gasteiger partial charge in [-0.2, -0.15) is 0 Å². The van der Waals surface area contributed by atoms with Crippen LogP contribution in [0.25, 0.3) is 0 Å². The highest BCUT2D eigenvalue weighted by Crippen LogP contribution is 2.26. The zero-order chi connectivity index (χ0) is 13.9. The Morgan fingerprint density at radius 1 is 1.45 bits per heavy atom. The van der Waals surface area contributed by atoms with E-state index in [9.17, 15) is 4.79 Å². The molecule has 110 valence electrons. The third kappa shape index (κ3) is 2.88. The number of ether oxygens (including phenoxy) is 1. The average Bonchev–Trinajstić information content (AvgIpc) is 3.03. The van der Waals surface area contributed by atoms with Gasteiger partial charge in [0, 0.05) is 38.0 Å². The first-order valence-corrected chi connectivity index (χ1v) is 7.47. The van der Waals surface area contributed by atoms with Gasteiger partial charge in [-0.15, -0.1) is 0 Å². The van der Waals surface area contributed by atoms with Crippen LogP contribution in [-0.2, 0) is 11.3 Å². The molecule has 20 heavy (non-hydrogen) atoms. The van der Waals surface area contributed by atoms with E-state index in [1.165, 1.54) is 12.8 Å². The van der Waals surface area contributed by atoms with E-state index in [1.54, 1.807) is 7.11 Å². The molecule has 2 bridgehead atoms. The van der Waals surface area contributed by atoms with Gasteiger partial charge in [0.05, 0.1) is 6.61 Å². The first kappa shape index (κ1) is 13.6. The van der Waals surface area contributed by atoms with Gasteiger partial charge in [-0.3, -0.25) is 4.79 Å². The third-order valence-electron chi connectivity index (χ3n) is 4.41. The number of nitrogens with zero attached hydrogens (tertiary/aromatic N) is 1. The number of nitrogens with one attached hydrogen (secondary N) is 2. The highest BCUT2D eigenvalue weighted by molar-refractivity contribution is 5.92. The predicted molar refractivity (Wildman–Crippen MR) is 76.7 cm³/mol. The summed E-state index contributed by atoms with van der Waals surface area (Å²) in [4.78, 5) is 12.4. The minimum absolute atomic E-state index is 0.0393. The topological polar surface area (TPSA) is 55.3 Å². The Kier molecular flexibility index (Phi) is 4.08. The first-order chi connectivity index (χ1) is 9.76. The maximum absolute atomic E-state index is 12.4. The molecule has 1 amide bonds. The smallest absolute Gasteiger partial charge is 0.268 e. The fraction of sp³-hybridized carbons (Fsp3) is 0.667. The van der Waals surface area contributed by atoms with Crippen molar-refractivity contribution in [2.45, 2.75) is 50.4 Å². The highest BCUT2D eigenvalue weighted by atomic mass is 16.5. The van der Waals surface area contributed by atoms with E-state index >= 15 is 0 Å². The molecule has 3 heterocycles. The van der Waals surface area contributed by atoms with Gasteiger partial charge in [-0.05, 0) is 37.8 Å². The quantitative estimate of drug-likeness (QED) is 0.849. The maximum Gasteiger partial charge on any atom is 0.268 e. The lowest BCUT2D eigenvalue weighted by Gasteiger charge is -2.29. The van der Waals surface area contributed by atoms with Crippen molar-refractivity contribution in [3.63, 3.8) is 0 Å². The van der Waals surface area contributed by atoms with Crippen molar-refractivity contribution < 1.29 is 9.53 Å².